The minimum absolute atomic E-state index is 0.170. The van der Waals surface area contributed by atoms with Crippen LogP contribution in [-0.4, -0.2) is 53.9 Å². The molecule has 1 aromatic carbocycles. The lowest BCUT2D eigenvalue weighted by Crippen LogP contribution is -2.72. The molecule has 4 rings (SSSR count). The number of hydrogen-bond acceptors (Lipinski definition) is 5. The van der Waals surface area contributed by atoms with Gasteiger partial charge in [-0.3, -0.25) is 19.8 Å². The summed E-state index contributed by atoms with van der Waals surface area (Å²) in [5, 5.41) is 2.20. The van der Waals surface area contributed by atoms with Gasteiger partial charge in [-0.05, 0) is 30.2 Å². The molecule has 2 fully saturated rings. The predicted molar refractivity (Wildman–Crippen MR) is 92.3 cm³/mol. The smallest absolute Gasteiger partial charge is 0.365 e. The molecule has 27 heavy (non-hydrogen) atoms. The number of carbonyl (C=O) groups is 3. The highest BCUT2D eigenvalue weighted by atomic mass is 32.2. The molecule has 144 valence electrons. The van der Waals surface area contributed by atoms with Gasteiger partial charge in [0.25, 0.3) is 0 Å². The monoisotopic (exact) mass is 399 g/mol. The number of hydrogen-bond donors (Lipinski definition) is 1. The molecular formula is C17H16F3N3O3S. The van der Waals surface area contributed by atoms with Crippen LogP contribution in [0.25, 0.3) is 0 Å². The molecule has 1 spiro atoms. The number of nitrogens with one attached hydrogen (secondary N) is 1. The molecule has 0 saturated carbocycles. The molecule has 10 heteroatoms. The maximum Gasteiger partial charge on any atom is 0.416 e. The minimum Gasteiger partial charge on any atom is -0.365 e. The maximum atomic E-state index is 13.2. The molecule has 0 unspecified atom stereocenters. The van der Waals surface area contributed by atoms with Crippen molar-refractivity contribution in [3.63, 3.8) is 0 Å². The molecule has 1 aromatic rings. The zero-order valence-corrected chi connectivity index (χ0v) is 15.1. The molecule has 1 N–H and O–H groups in total. The summed E-state index contributed by atoms with van der Waals surface area (Å²) in [4.78, 5) is 40.4. The van der Waals surface area contributed by atoms with Crippen LogP contribution >= 0.6 is 11.8 Å². The number of nitrogens with zero attached hydrogens (tertiary/aromatic N) is 2. The summed E-state index contributed by atoms with van der Waals surface area (Å²) in [6, 6.07) is 2.10. The number of urea groups is 1. The Morgan fingerprint density at radius 3 is 2.70 bits per heavy atom. The van der Waals surface area contributed by atoms with Crippen LogP contribution in [0.4, 0.5) is 23.7 Å². The van der Waals surface area contributed by atoms with Crippen molar-refractivity contribution in [3.8, 4) is 0 Å². The summed E-state index contributed by atoms with van der Waals surface area (Å²) in [6.45, 7) is 0.508. The van der Waals surface area contributed by atoms with Crippen LogP contribution in [0.5, 0.6) is 0 Å². The largest absolute Gasteiger partial charge is 0.416 e. The number of rotatable bonds is 0. The first-order valence-electron chi connectivity index (χ1n) is 8.34. The number of benzene rings is 1. The highest BCUT2D eigenvalue weighted by molar-refractivity contribution is 7.99. The molecule has 3 aliphatic rings. The molecule has 0 radical (unpaired) electrons. The molecule has 0 aromatic heterocycles. The van der Waals surface area contributed by atoms with E-state index in [1.807, 2.05) is 4.90 Å². The maximum absolute atomic E-state index is 13.2. The second-order valence-electron chi connectivity index (χ2n) is 6.90. The number of anilines is 1. The highest BCUT2D eigenvalue weighted by Gasteiger charge is 2.61. The molecule has 0 bridgehead atoms. The number of carbonyl (C=O) groups excluding carboxylic acids is 3. The Kier molecular flexibility index (Phi) is 3.95. The fourth-order valence-corrected chi connectivity index (χ4v) is 5.31. The van der Waals surface area contributed by atoms with E-state index in [2.05, 4.69) is 5.32 Å². The van der Waals surface area contributed by atoms with Gasteiger partial charge < -0.3 is 4.90 Å². The standard InChI is InChI=1S/C17H16F3N3O3S/c1-22-14(25)16(13(24)21-15(22)26)7-9-6-10(17(18,19)20)2-3-11(9)23-4-5-27-8-12(16)23/h2-3,6,12H,4-5,7-8H2,1H3,(H,21,24,26)/t12-,16-/m0/s1. The minimum atomic E-state index is -4.53. The number of halogens is 3. The highest BCUT2D eigenvalue weighted by Crippen LogP contribution is 2.47. The fraction of sp³-hybridized carbons (Fsp3) is 0.471. The van der Waals surface area contributed by atoms with Crippen LogP contribution in [0.15, 0.2) is 18.2 Å². The van der Waals surface area contributed by atoms with E-state index in [1.165, 1.54) is 13.1 Å². The zero-order valence-electron chi connectivity index (χ0n) is 14.3. The van der Waals surface area contributed by atoms with E-state index < -0.39 is 41.0 Å². The number of barbiturate groups is 1. The number of amides is 4. The topological polar surface area (TPSA) is 69.7 Å². The van der Waals surface area contributed by atoms with Gasteiger partial charge in [-0.15, -0.1) is 0 Å². The summed E-state index contributed by atoms with van der Waals surface area (Å²) in [7, 11) is 1.27. The van der Waals surface area contributed by atoms with Gasteiger partial charge in [0, 0.05) is 30.8 Å². The van der Waals surface area contributed by atoms with Gasteiger partial charge >= 0.3 is 12.2 Å². The summed E-state index contributed by atoms with van der Waals surface area (Å²) < 4.78 is 39.5. The van der Waals surface area contributed by atoms with Gasteiger partial charge in [0.1, 0.15) is 0 Å². The van der Waals surface area contributed by atoms with Gasteiger partial charge in [0.15, 0.2) is 5.41 Å². The van der Waals surface area contributed by atoms with Crippen molar-refractivity contribution in [2.45, 2.75) is 18.6 Å². The average Bonchev–Trinajstić information content (AvgIpc) is 2.63. The van der Waals surface area contributed by atoms with Crippen molar-refractivity contribution in [3.05, 3.63) is 29.3 Å². The molecule has 6 nitrogen and oxygen atoms in total. The first-order chi connectivity index (χ1) is 12.7. The van der Waals surface area contributed by atoms with Gasteiger partial charge in [-0.2, -0.15) is 24.9 Å². The van der Waals surface area contributed by atoms with E-state index in [1.54, 1.807) is 11.8 Å². The SMILES string of the molecule is CN1C(=O)NC(=O)[C@@]2(Cc3cc(C(F)(F)F)ccc3N3CCSC[C@H]32)C1=O. The van der Waals surface area contributed by atoms with E-state index in [9.17, 15) is 27.6 Å². The first kappa shape index (κ1) is 18.1. The van der Waals surface area contributed by atoms with Crippen LogP contribution in [0.1, 0.15) is 11.1 Å². The lowest BCUT2D eigenvalue weighted by molar-refractivity contribution is -0.152. The van der Waals surface area contributed by atoms with Crippen molar-refractivity contribution >= 4 is 35.3 Å². The Labute approximate surface area is 157 Å². The zero-order chi connectivity index (χ0) is 19.6. The molecule has 0 aliphatic carbocycles. The Hall–Kier alpha value is -2.23. The van der Waals surface area contributed by atoms with E-state index in [0.29, 0.717) is 23.5 Å². The van der Waals surface area contributed by atoms with Crippen LogP contribution in [0.2, 0.25) is 0 Å². The molecule has 4 amide bonds. The Bertz CT molecular complexity index is 860. The summed E-state index contributed by atoms with van der Waals surface area (Å²) in [5.41, 5.74) is -1.54. The van der Waals surface area contributed by atoms with Gasteiger partial charge in [0.05, 0.1) is 11.6 Å². The van der Waals surface area contributed by atoms with Crippen LogP contribution in [-0.2, 0) is 22.2 Å². The quantitative estimate of drug-likeness (QED) is 0.675. The second kappa shape index (κ2) is 5.88. The first-order valence-corrected chi connectivity index (χ1v) is 9.50. The van der Waals surface area contributed by atoms with E-state index in [0.717, 1.165) is 22.8 Å². The van der Waals surface area contributed by atoms with Crippen LogP contribution in [0.3, 0.4) is 0 Å². The molecule has 3 heterocycles. The van der Waals surface area contributed by atoms with Gasteiger partial charge in [-0.25, -0.2) is 4.79 Å². The summed E-state index contributed by atoms with van der Waals surface area (Å²) in [6.07, 6.45) is -4.70. The third-order valence-corrected chi connectivity index (χ3v) is 6.52. The Morgan fingerprint density at radius 2 is 2.00 bits per heavy atom. The number of imide groups is 2. The van der Waals surface area contributed by atoms with Crippen molar-refractivity contribution < 1.29 is 27.6 Å². The third kappa shape index (κ3) is 2.53. The van der Waals surface area contributed by atoms with E-state index in [-0.39, 0.29) is 6.42 Å². The summed E-state index contributed by atoms with van der Waals surface area (Å²) in [5.74, 6) is -0.202. The average molecular weight is 399 g/mol. The molecule has 2 saturated heterocycles. The van der Waals surface area contributed by atoms with Crippen molar-refractivity contribution in [1.29, 1.82) is 0 Å². The number of alkyl halides is 3. The summed E-state index contributed by atoms with van der Waals surface area (Å²) >= 11 is 1.58. The lowest BCUT2D eigenvalue weighted by Gasteiger charge is -2.53. The van der Waals surface area contributed by atoms with Crippen molar-refractivity contribution in [2.75, 3.05) is 30.0 Å². The third-order valence-electron chi connectivity index (χ3n) is 5.50. The van der Waals surface area contributed by atoms with Gasteiger partial charge in [-0.1, -0.05) is 0 Å². The van der Waals surface area contributed by atoms with Crippen molar-refractivity contribution in [1.82, 2.24) is 10.2 Å². The number of fused-ring (bicyclic) bond motifs is 4. The Balaban J connectivity index is 1.89. The second-order valence-corrected chi connectivity index (χ2v) is 8.05. The van der Waals surface area contributed by atoms with Crippen LogP contribution < -0.4 is 10.2 Å². The molecular weight excluding hydrogens is 383 g/mol. The number of thioether (sulfide) groups is 1. The molecule has 2 atom stereocenters. The van der Waals surface area contributed by atoms with Crippen LogP contribution in [0, 0.1) is 5.41 Å². The normalized spacial score (nSPS) is 28.1. The van der Waals surface area contributed by atoms with Gasteiger partial charge in [0.2, 0.25) is 11.8 Å². The Morgan fingerprint density at radius 1 is 1.26 bits per heavy atom. The fourth-order valence-electron chi connectivity index (χ4n) is 4.13. The lowest BCUT2D eigenvalue weighted by atomic mass is 9.69. The molecule has 3 aliphatic heterocycles. The predicted octanol–water partition coefficient (Wildman–Crippen LogP) is 1.88. The van der Waals surface area contributed by atoms with E-state index in [4.69, 9.17) is 0 Å². The van der Waals surface area contributed by atoms with E-state index >= 15 is 0 Å². The van der Waals surface area contributed by atoms with Crippen molar-refractivity contribution in [2.24, 2.45) is 5.41 Å².